The molecule has 1 aromatic carbocycles. The highest BCUT2D eigenvalue weighted by molar-refractivity contribution is 5.75. The minimum absolute atomic E-state index is 0.297. The summed E-state index contributed by atoms with van der Waals surface area (Å²) < 4.78 is 7.36. The number of carbonyl (C=O) groups excluding carboxylic acids is 1. The number of hydrogen-bond acceptors (Lipinski definition) is 6. The molecule has 0 unspecified atom stereocenters. The predicted octanol–water partition coefficient (Wildman–Crippen LogP) is -0.689. The lowest BCUT2D eigenvalue weighted by atomic mass is 10.3. The Bertz CT molecular complexity index is 884. The summed E-state index contributed by atoms with van der Waals surface area (Å²) in [4.78, 5) is 37.6. The van der Waals surface area contributed by atoms with E-state index in [1.807, 2.05) is 17.0 Å². The first-order valence-electron chi connectivity index (χ1n) is 7.39. The highest BCUT2D eigenvalue weighted by Gasteiger charge is 2.26. The highest BCUT2D eigenvalue weighted by atomic mass is 16.5. The van der Waals surface area contributed by atoms with Gasteiger partial charge in [0, 0.05) is 25.8 Å². The van der Waals surface area contributed by atoms with E-state index in [2.05, 4.69) is 10.4 Å². The van der Waals surface area contributed by atoms with E-state index < -0.39 is 17.0 Å². The maximum Gasteiger partial charge on any atom is 0.333 e. The molecule has 1 aromatic heterocycles. The highest BCUT2D eigenvalue weighted by Crippen LogP contribution is 2.27. The van der Waals surface area contributed by atoms with Crippen molar-refractivity contribution in [2.45, 2.75) is 13.1 Å². The van der Waals surface area contributed by atoms with Crippen molar-refractivity contribution in [2.24, 2.45) is 0 Å². The lowest BCUT2D eigenvalue weighted by molar-refractivity contribution is -0.121. The van der Waals surface area contributed by atoms with Gasteiger partial charge in [-0.2, -0.15) is 0 Å². The summed E-state index contributed by atoms with van der Waals surface area (Å²) in [6, 6.07) is 7.29. The SMILES string of the molecule is CNC(=O)Cn1nc2n(c(=O)c1=O)CCN2c1ccc(OC)cc1. The summed E-state index contributed by atoms with van der Waals surface area (Å²) >= 11 is 0. The van der Waals surface area contributed by atoms with Crippen LogP contribution in [-0.4, -0.2) is 41.0 Å². The van der Waals surface area contributed by atoms with Crippen LogP contribution in [0.15, 0.2) is 33.9 Å². The van der Waals surface area contributed by atoms with Crippen molar-refractivity contribution in [1.29, 1.82) is 0 Å². The van der Waals surface area contributed by atoms with E-state index in [1.54, 1.807) is 19.2 Å². The Labute approximate surface area is 137 Å². The molecule has 1 aliphatic rings. The van der Waals surface area contributed by atoms with Gasteiger partial charge in [-0.1, -0.05) is 0 Å². The molecule has 2 aromatic rings. The van der Waals surface area contributed by atoms with E-state index in [1.165, 1.54) is 11.6 Å². The quantitative estimate of drug-likeness (QED) is 0.745. The van der Waals surface area contributed by atoms with E-state index in [9.17, 15) is 14.4 Å². The third kappa shape index (κ3) is 2.64. The number of nitrogens with one attached hydrogen (secondary N) is 1. The number of fused-ring (bicyclic) bond motifs is 1. The molecule has 0 radical (unpaired) electrons. The number of benzene rings is 1. The molecule has 3 rings (SSSR count). The summed E-state index contributed by atoms with van der Waals surface area (Å²) in [6.45, 7) is 0.579. The molecule has 0 fully saturated rings. The summed E-state index contributed by atoms with van der Waals surface area (Å²) in [5, 5.41) is 6.61. The van der Waals surface area contributed by atoms with Gasteiger partial charge in [-0.15, -0.1) is 5.10 Å². The topological polar surface area (TPSA) is 98.5 Å². The number of ether oxygens (including phenoxy) is 1. The molecule has 126 valence electrons. The number of rotatable bonds is 4. The average Bonchev–Trinajstić information content (AvgIpc) is 3.03. The van der Waals surface area contributed by atoms with E-state index in [4.69, 9.17) is 4.74 Å². The van der Waals surface area contributed by atoms with Gasteiger partial charge in [0.2, 0.25) is 11.9 Å². The standard InChI is InChI=1S/C15H17N5O4/c1-16-12(21)9-20-14(23)13(22)19-8-7-18(15(19)17-20)10-3-5-11(24-2)6-4-10/h3-6H,7-9H2,1-2H3,(H,16,21). The molecule has 2 heterocycles. The molecule has 1 amide bonds. The van der Waals surface area contributed by atoms with Crippen LogP contribution in [0.5, 0.6) is 5.75 Å². The van der Waals surface area contributed by atoms with Crippen molar-refractivity contribution >= 4 is 17.5 Å². The first-order valence-corrected chi connectivity index (χ1v) is 7.39. The second kappa shape index (κ2) is 6.19. The number of aromatic nitrogens is 3. The van der Waals surface area contributed by atoms with Gasteiger partial charge in [0.05, 0.1) is 7.11 Å². The van der Waals surface area contributed by atoms with Crippen LogP contribution < -0.4 is 26.1 Å². The Morgan fingerprint density at radius 3 is 2.54 bits per heavy atom. The van der Waals surface area contributed by atoms with Gasteiger partial charge in [0.25, 0.3) is 0 Å². The number of hydrogen-bond donors (Lipinski definition) is 1. The second-order valence-corrected chi connectivity index (χ2v) is 5.24. The van der Waals surface area contributed by atoms with Crippen LogP contribution in [0, 0.1) is 0 Å². The lowest BCUT2D eigenvalue weighted by Gasteiger charge is -2.18. The van der Waals surface area contributed by atoms with Crippen LogP contribution in [0.2, 0.25) is 0 Å². The van der Waals surface area contributed by atoms with E-state index in [0.29, 0.717) is 24.8 Å². The third-order valence-corrected chi connectivity index (χ3v) is 3.86. The third-order valence-electron chi connectivity index (χ3n) is 3.86. The Kier molecular flexibility index (Phi) is 4.07. The zero-order valence-electron chi connectivity index (χ0n) is 13.4. The molecule has 9 heteroatoms. The largest absolute Gasteiger partial charge is 0.497 e. The van der Waals surface area contributed by atoms with Gasteiger partial charge in [0.15, 0.2) is 0 Å². The smallest absolute Gasteiger partial charge is 0.333 e. The second-order valence-electron chi connectivity index (χ2n) is 5.24. The molecule has 1 aliphatic heterocycles. The fourth-order valence-electron chi connectivity index (χ4n) is 2.55. The van der Waals surface area contributed by atoms with Crippen LogP contribution in [0.25, 0.3) is 0 Å². The van der Waals surface area contributed by atoms with Crippen LogP contribution in [0.1, 0.15) is 0 Å². The van der Waals surface area contributed by atoms with Gasteiger partial charge >= 0.3 is 11.1 Å². The molecule has 0 spiro atoms. The van der Waals surface area contributed by atoms with Crippen molar-refractivity contribution in [1.82, 2.24) is 19.7 Å². The number of nitrogens with zero attached hydrogens (tertiary/aromatic N) is 4. The molecule has 0 saturated carbocycles. The van der Waals surface area contributed by atoms with Crippen molar-refractivity contribution in [3.63, 3.8) is 0 Å². The number of anilines is 2. The molecule has 0 atom stereocenters. The summed E-state index contributed by atoms with van der Waals surface area (Å²) in [7, 11) is 3.04. The predicted molar refractivity (Wildman–Crippen MR) is 86.8 cm³/mol. The first-order chi connectivity index (χ1) is 11.5. The lowest BCUT2D eigenvalue weighted by Crippen LogP contribution is -2.44. The van der Waals surface area contributed by atoms with Gasteiger partial charge in [0.1, 0.15) is 12.3 Å². The molecule has 0 aliphatic carbocycles. The minimum Gasteiger partial charge on any atom is -0.497 e. The van der Waals surface area contributed by atoms with Gasteiger partial charge < -0.3 is 15.0 Å². The van der Waals surface area contributed by atoms with E-state index in [-0.39, 0.29) is 6.54 Å². The summed E-state index contributed by atoms with van der Waals surface area (Å²) in [5.74, 6) is 0.657. The normalized spacial score (nSPS) is 12.8. The number of carbonyl (C=O) groups is 1. The first kappa shape index (κ1) is 15.8. The van der Waals surface area contributed by atoms with Crippen molar-refractivity contribution in [3.05, 3.63) is 45.0 Å². The monoisotopic (exact) mass is 331 g/mol. The Hall–Kier alpha value is -3.10. The van der Waals surface area contributed by atoms with Crippen LogP contribution in [0.4, 0.5) is 11.6 Å². The Morgan fingerprint density at radius 1 is 1.21 bits per heavy atom. The minimum atomic E-state index is -0.807. The fraction of sp³-hybridized carbons (Fsp3) is 0.333. The summed E-state index contributed by atoms with van der Waals surface area (Å²) in [5.41, 5.74) is -0.669. The van der Waals surface area contributed by atoms with Crippen LogP contribution in [0.3, 0.4) is 0 Å². The zero-order chi connectivity index (χ0) is 17.3. The molecule has 1 N–H and O–H groups in total. The van der Waals surface area contributed by atoms with Gasteiger partial charge in [-0.25, -0.2) is 4.68 Å². The van der Waals surface area contributed by atoms with Gasteiger partial charge in [-0.05, 0) is 24.3 Å². The molecular formula is C15H17N5O4. The average molecular weight is 331 g/mol. The summed E-state index contributed by atoms with van der Waals surface area (Å²) in [6.07, 6.45) is 0. The Balaban J connectivity index is 2.04. The van der Waals surface area contributed by atoms with Crippen LogP contribution >= 0.6 is 0 Å². The number of amides is 1. The molecule has 0 bridgehead atoms. The maximum atomic E-state index is 12.2. The molecule has 0 saturated heterocycles. The van der Waals surface area contributed by atoms with E-state index >= 15 is 0 Å². The van der Waals surface area contributed by atoms with Crippen LogP contribution in [-0.2, 0) is 17.9 Å². The van der Waals surface area contributed by atoms with Crippen molar-refractivity contribution < 1.29 is 9.53 Å². The van der Waals surface area contributed by atoms with Gasteiger partial charge in [-0.3, -0.25) is 19.0 Å². The molecule has 24 heavy (non-hydrogen) atoms. The molecule has 9 nitrogen and oxygen atoms in total. The fourth-order valence-corrected chi connectivity index (χ4v) is 2.55. The maximum absolute atomic E-state index is 12.2. The number of likely N-dealkylation sites (N-methyl/N-ethyl adjacent to an activating group) is 1. The zero-order valence-corrected chi connectivity index (χ0v) is 13.4. The number of methoxy groups -OCH3 is 1. The molecular weight excluding hydrogens is 314 g/mol. The van der Waals surface area contributed by atoms with E-state index in [0.717, 1.165) is 10.4 Å². The van der Waals surface area contributed by atoms with Crippen molar-refractivity contribution in [2.75, 3.05) is 25.6 Å². The van der Waals surface area contributed by atoms with Crippen molar-refractivity contribution in [3.8, 4) is 5.75 Å². The Morgan fingerprint density at radius 2 is 1.92 bits per heavy atom.